The molecule has 5 atom stereocenters. The van der Waals surface area contributed by atoms with Gasteiger partial charge in [-0.3, -0.25) is 4.79 Å². The summed E-state index contributed by atoms with van der Waals surface area (Å²) in [6.45, 7) is 0.659. The van der Waals surface area contributed by atoms with Gasteiger partial charge in [-0.05, 0) is 0 Å². The highest BCUT2D eigenvalue weighted by atomic mass is 16.7. The molecule has 1 rings (SSSR count). The van der Waals surface area contributed by atoms with Crippen molar-refractivity contribution in [3.05, 3.63) is 0 Å². The van der Waals surface area contributed by atoms with Crippen LogP contribution in [0, 0.1) is 0 Å². The van der Waals surface area contributed by atoms with Crippen LogP contribution in [-0.4, -0.2) is 76.2 Å². The van der Waals surface area contributed by atoms with E-state index in [1.54, 1.807) is 0 Å². The lowest BCUT2D eigenvalue weighted by molar-refractivity contribution is -0.281. The van der Waals surface area contributed by atoms with Crippen molar-refractivity contribution in [2.45, 2.75) is 49.9 Å². The summed E-state index contributed by atoms with van der Waals surface area (Å²) in [5, 5.41) is 41.0. The smallest absolute Gasteiger partial charge is 0.366 e. The molecule has 122 valence electrons. The number of hydrogen-bond donors (Lipinski definition) is 5. The van der Waals surface area contributed by atoms with E-state index in [4.69, 9.17) is 9.84 Å². The number of hydrogen-bond acceptors (Lipinski definition) is 8. The van der Waals surface area contributed by atoms with Crippen LogP contribution in [0.4, 0.5) is 0 Å². The molecule has 1 aliphatic heterocycles. The third-order valence-corrected chi connectivity index (χ3v) is 3.24. The van der Waals surface area contributed by atoms with Gasteiger partial charge in [-0.1, -0.05) is 0 Å². The molecule has 0 bridgehead atoms. The van der Waals surface area contributed by atoms with Crippen LogP contribution in [0.2, 0.25) is 0 Å². The fourth-order valence-electron chi connectivity index (χ4n) is 2.28. The van der Waals surface area contributed by atoms with Gasteiger partial charge in [0.1, 0.15) is 0 Å². The van der Waals surface area contributed by atoms with Crippen molar-refractivity contribution >= 4 is 11.9 Å². The van der Waals surface area contributed by atoms with Crippen molar-refractivity contribution in [2.75, 3.05) is 13.7 Å². The first-order valence-electron chi connectivity index (χ1n) is 6.46. The quantitative estimate of drug-likeness (QED) is 0.344. The van der Waals surface area contributed by atoms with Gasteiger partial charge in [-0.2, -0.15) is 0 Å². The number of rotatable bonds is 5. The zero-order valence-electron chi connectivity index (χ0n) is 11.9. The van der Waals surface area contributed by atoms with Crippen LogP contribution in [0.3, 0.4) is 0 Å². The number of methoxy groups -OCH3 is 1. The average Bonchev–Trinajstić information content (AvgIpc) is 2.41. The predicted octanol–water partition coefficient (Wildman–Crippen LogP) is -2.75. The van der Waals surface area contributed by atoms with Crippen molar-refractivity contribution < 1.29 is 39.5 Å². The van der Waals surface area contributed by atoms with Gasteiger partial charge in [-0.15, -0.1) is 0 Å². The maximum absolute atomic E-state index is 11.6. The second kappa shape index (κ2) is 7.14. The van der Waals surface area contributed by atoms with Gasteiger partial charge in [0.2, 0.25) is 5.91 Å². The summed E-state index contributed by atoms with van der Waals surface area (Å²) in [4.78, 5) is 22.7. The molecule has 0 aliphatic carbocycles. The summed E-state index contributed by atoms with van der Waals surface area (Å²) in [6, 6.07) is -0.936. The number of aliphatic hydroxyl groups excluding tert-OH is 3. The summed E-state index contributed by atoms with van der Waals surface area (Å²) in [5.41, 5.74) is 0. The minimum atomic E-state index is -2.37. The lowest BCUT2D eigenvalue weighted by Gasteiger charge is -2.43. The molecule has 1 saturated heterocycles. The van der Waals surface area contributed by atoms with E-state index in [0.29, 0.717) is 0 Å². The normalized spacial score (nSPS) is 34.1. The Bertz CT molecular complexity index is 389. The third-order valence-electron chi connectivity index (χ3n) is 3.24. The second-order valence-electron chi connectivity index (χ2n) is 5.00. The fourth-order valence-corrected chi connectivity index (χ4v) is 2.28. The van der Waals surface area contributed by atoms with Crippen LogP contribution in [0.5, 0.6) is 0 Å². The molecule has 1 heterocycles. The van der Waals surface area contributed by atoms with Crippen molar-refractivity contribution in [1.29, 1.82) is 0 Å². The number of aliphatic hydroxyl groups is 4. The maximum Gasteiger partial charge on any atom is 0.366 e. The average molecular weight is 307 g/mol. The van der Waals surface area contributed by atoms with Crippen LogP contribution >= 0.6 is 0 Å². The van der Waals surface area contributed by atoms with Crippen LogP contribution < -0.4 is 5.32 Å². The minimum Gasteiger partial charge on any atom is -0.465 e. The Morgan fingerprint density at radius 1 is 1.52 bits per heavy atom. The van der Waals surface area contributed by atoms with E-state index >= 15 is 0 Å². The molecule has 9 nitrogen and oxygen atoms in total. The summed E-state index contributed by atoms with van der Waals surface area (Å²) in [7, 11) is 1.05. The van der Waals surface area contributed by atoms with Gasteiger partial charge in [-0.25, -0.2) is 4.79 Å². The largest absolute Gasteiger partial charge is 0.465 e. The Kier molecular flexibility index (Phi) is 6.05. The molecule has 0 saturated carbocycles. The highest BCUT2D eigenvalue weighted by molar-refractivity contribution is 5.78. The molecular formula is C12H21NO8. The van der Waals surface area contributed by atoms with Crippen LogP contribution in [-0.2, 0) is 19.1 Å². The molecular weight excluding hydrogens is 286 g/mol. The first-order chi connectivity index (χ1) is 9.73. The first kappa shape index (κ1) is 17.8. The molecule has 0 spiro atoms. The molecule has 1 amide bonds. The second-order valence-corrected chi connectivity index (χ2v) is 5.00. The molecule has 1 fully saturated rings. The summed E-state index contributed by atoms with van der Waals surface area (Å²) < 4.78 is 9.63. The number of carbonyl (C=O) groups is 2. The zero-order chi connectivity index (χ0) is 16.2. The standard InChI is InChI=1S/C12H21NO8/c1-6(15)13-10-8(17)4-12(19,11(18)20-2)21-9(10)3-7(16)5-14/h7-10,14,16-17,19H,3-5H2,1-2H3,(H,13,15)/t7-,8-,9-,10+,12+/m0/s1. The Hall–Kier alpha value is -1.26. The molecule has 21 heavy (non-hydrogen) atoms. The first-order valence-corrected chi connectivity index (χ1v) is 6.46. The summed E-state index contributed by atoms with van der Waals surface area (Å²) >= 11 is 0. The van der Waals surface area contributed by atoms with Gasteiger partial charge in [0, 0.05) is 19.8 Å². The summed E-state index contributed by atoms with van der Waals surface area (Å²) in [5.74, 6) is -3.91. The topological polar surface area (TPSA) is 146 Å². The molecule has 0 aromatic carbocycles. The van der Waals surface area contributed by atoms with E-state index in [-0.39, 0.29) is 6.42 Å². The Labute approximate surface area is 121 Å². The van der Waals surface area contributed by atoms with E-state index in [2.05, 4.69) is 10.1 Å². The van der Waals surface area contributed by atoms with Crippen LogP contribution in [0.25, 0.3) is 0 Å². The van der Waals surface area contributed by atoms with Crippen LogP contribution in [0.1, 0.15) is 19.8 Å². The van der Waals surface area contributed by atoms with Gasteiger partial charge in [0.25, 0.3) is 5.79 Å². The molecule has 0 unspecified atom stereocenters. The number of carbonyl (C=O) groups excluding carboxylic acids is 2. The van der Waals surface area contributed by atoms with Gasteiger partial charge in [0.15, 0.2) is 0 Å². The van der Waals surface area contributed by atoms with Crippen LogP contribution in [0.15, 0.2) is 0 Å². The molecule has 9 heteroatoms. The van der Waals surface area contributed by atoms with Crippen molar-refractivity contribution in [3.8, 4) is 0 Å². The highest BCUT2D eigenvalue weighted by Gasteiger charge is 2.51. The lowest BCUT2D eigenvalue weighted by Crippen LogP contribution is -2.63. The monoisotopic (exact) mass is 307 g/mol. The van der Waals surface area contributed by atoms with E-state index in [1.165, 1.54) is 6.92 Å². The van der Waals surface area contributed by atoms with Crippen molar-refractivity contribution in [3.63, 3.8) is 0 Å². The predicted molar refractivity (Wildman–Crippen MR) is 67.8 cm³/mol. The zero-order valence-corrected chi connectivity index (χ0v) is 11.9. The van der Waals surface area contributed by atoms with Gasteiger partial charge >= 0.3 is 5.97 Å². The highest BCUT2D eigenvalue weighted by Crippen LogP contribution is 2.30. The number of esters is 1. The minimum absolute atomic E-state index is 0.197. The number of amides is 1. The van der Waals surface area contributed by atoms with E-state index in [0.717, 1.165) is 7.11 Å². The van der Waals surface area contributed by atoms with E-state index in [1.807, 2.05) is 0 Å². The third kappa shape index (κ3) is 4.35. The molecule has 0 radical (unpaired) electrons. The fraction of sp³-hybridized carbons (Fsp3) is 0.833. The SMILES string of the molecule is COC(=O)[C@@]1(O)C[C@H](O)[C@@H](NC(C)=O)[C@H](C[C@H](O)CO)O1. The lowest BCUT2D eigenvalue weighted by atomic mass is 9.90. The van der Waals surface area contributed by atoms with Crippen molar-refractivity contribution in [1.82, 2.24) is 5.32 Å². The maximum atomic E-state index is 11.6. The Morgan fingerprint density at radius 2 is 2.14 bits per heavy atom. The van der Waals surface area contributed by atoms with E-state index in [9.17, 15) is 24.9 Å². The molecule has 0 aromatic heterocycles. The van der Waals surface area contributed by atoms with Crippen molar-refractivity contribution in [2.24, 2.45) is 0 Å². The van der Waals surface area contributed by atoms with Gasteiger partial charge < -0.3 is 35.2 Å². The number of nitrogens with one attached hydrogen (secondary N) is 1. The molecule has 0 aromatic rings. The summed E-state index contributed by atoms with van der Waals surface area (Å²) in [6.07, 6.45) is -4.25. The Balaban J connectivity index is 2.96. The number of ether oxygens (including phenoxy) is 2. The van der Waals surface area contributed by atoms with Gasteiger partial charge in [0.05, 0.1) is 38.1 Å². The molecule has 1 aliphatic rings. The Morgan fingerprint density at radius 3 is 2.62 bits per heavy atom. The van der Waals surface area contributed by atoms with E-state index < -0.39 is 55.0 Å². The molecule has 5 N–H and O–H groups in total.